The molecule has 0 atom stereocenters. The lowest BCUT2D eigenvalue weighted by molar-refractivity contribution is -0.110. The van der Waals surface area contributed by atoms with E-state index in [9.17, 15) is 9.59 Å². The minimum atomic E-state index is -0.438. The fourth-order valence-electron chi connectivity index (χ4n) is 3.42. The number of hydrogen-bond donors (Lipinski definition) is 2. The van der Waals surface area contributed by atoms with Gasteiger partial charge >= 0.3 is 5.97 Å². The van der Waals surface area contributed by atoms with Crippen molar-refractivity contribution in [3.8, 4) is 5.97 Å². The molecule has 2 aromatic rings. The summed E-state index contributed by atoms with van der Waals surface area (Å²) in [7, 11) is 1.90. The zero-order chi connectivity index (χ0) is 24.0. The molecular formula is C23H28BN5O4. The Bertz CT molecular complexity index is 1100. The molecule has 3 heterocycles. The summed E-state index contributed by atoms with van der Waals surface area (Å²) in [6.45, 7) is 7.34. The van der Waals surface area contributed by atoms with E-state index >= 15 is 0 Å². The smallest absolute Gasteiger partial charge is 0.340 e. The van der Waals surface area contributed by atoms with Crippen LogP contribution >= 0.6 is 0 Å². The first-order valence-electron chi connectivity index (χ1n) is 10.9. The minimum absolute atomic E-state index is 0.0239. The van der Waals surface area contributed by atoms with E-state index in [1.165, 1.54) is 0 Å². The lowest BCUT2D eigenvalue weighted by Gasteiger charge is -2.18. The standard InChI is InChI=1S/C23H28BN5O4/c1-5-33-23(31)18-10-15(2)27-19(18)11-17-16-12-21(26-13-20(16)28-22(17)30)29(4)7-9-32-8-6-24(3)14-25/h10-13,27H,5-9H2,1-4H3,(H,28,30)/b17-11-. The number of likely N-dealkylation sites (N-methyl/N-ethyl adjacent to an activating group) is 1. The van der Waals surface area contributed by atoms with Crippen LogP contribution in [0.2, 0.25) is 13.1 Å². The van der Waals surface area contributed by atoms with Crippen molar-refractivity contribution in [1.29, 1.82) is 5.26 Å². The number of aryl methyl sites for hydroxylation is 1. The number of ether oxygens (including phenoxy) is 2. The van der Waals surface area contributed by atoms with Gasteiger partial charge in [-0.25, -0.2) is 15.0 Å². The number of carbonyl (C=O) groups is 2. The largest absolute Gasteiger partial charge is 0.462 e. The van der Waals surface area contributed by atoms with Crippen molar-refractivity contribution in [3.63, 3.8) is 0 Å². The highest BCUT2D eigenvalue weighted by Gasteiger charge is 2.27. The highest BCUT2D eigenvalue weighted by atomic mass is 16.5. The number of fused-ring (bicyclic) bond motifs is 1. The van der Waals surface area contributed by atoms with Gasteiger partial charge in [0.25, 0.3) is 12.6 Å². The summed E-state index contributed by atoms with van der Waals surface area (Å²) in [5.74, 6) is 2.18. The molecule has 2 aromatic heterocycles. The summed E-state index contributed by atoms with van der Waals surface area (Å²) in [5, 5.41) is 11.6. The van der Waals surface area contributed by atoms with Crippen LogP contribution in [0, 0.1) is 18.2 Å². The molecule has 10 heteroatoms. The lowest BCUT2D eigenvalue weighted by Crippen LogP contribution is -2.24. The van der Waals surface area contributed by atoms with Crippen LogP contribution in [0.4, 0.5) is 11.5 Å². The van der Waals surface area contributed by atoms with Crippen molar-refractivity contribution < 1.29 is 19.1 Å². The zero-order valence-corrected chi connectivity index (χ0v) is 19.4. The maximum absolute atomic E-state index is 12.7. The molecule has 0 saturated carbocycles. The second-order valence-corrected chi connectivity index (χ2v) is 7.95. The molecule has 0 radical (unpaired) electrons. The number of aromatic amines is 1. The number of nitrogens with one attached hydrogen (secondary N) is 2. The van der Waals surface area contributed by atoms with Gasteiger partial charge in [0, 0.05) is 37.4 Å². The van der Waals surface area contributed by atoms with Crippen molar-refractivity contribution in [2.45, 2.75) is 27.0 Å². The number of esters is 1. The predicted octanol–water partition coefficient (Wildman–Crippen LogP) is 3.03. The van der Waals surface area contributed by atoms with Gasteiger partial charge in [-0.3, -0.25) is 4.79 Å². The molecule has 0 aliphatic carbocycles. The Morgan fingerprint density at radius 1 is 1.36 bits per heavy atom. The number of anilines is 2. The van der Waals surface area contributed by atoms with Crippen LogP contribution in [-0.2, 0) is 14.3 Å². The van der Waals surface area contributed by atoms with E-state index in [2.05, 4.69) is 21.3 Å². The number of rotatable bonds is 10. The van der Waals surface area contributed by atoms with Crippen molar-refractivity contribution >= 4 is 41.7 Å². The van der Waals surface area contributed by atoms with Crippen LogP contribution in [0.15, 0.2) is 18.3 Å². The lowest BCUT2D eigenvalue weighted by atomic mass is 9.52. The monoisotopic (exact) mass is 449 g/mol. The van der Waals surface area contributed by atoms with Gasteiger partial charge in [-0.2, -0.15) is 0 Å². The molecule has 0 bridgehead atoms. The van der Waals surface area contributed by atoms with Gasteiger partial charge in [0.05, 0.1) is 41.9 Å². The number of hydrogen-bond acceptors (Lipinski definition) is 7. The average Bonchev–Trinajstić information content (AvgIpc) is 3.32. The summed E-state index contributed by atoms with van der Waals surface area (Å²) < 4.78 is 10.8. The quantitative estimate of drug-likeness (QED) is 0.248. The number of pyridine rings is 1. The van der Waals surface area contributed by atoms with Crippen molar-refractivity contribution in [3.05, 3.63) is 40.8 Å². The average molecular weight is 449 g/mol. The Hall–Kier alpha value is -3.58. The maximum Gasteiger partial charge on any atom is 0.340 e. The number of H-pyrrole nitrogens is 1. The van der Waals surface area contributed by atoms with E-state index in [0.29, 0.717) is 60.0 Å². The van der Waals surface area contributed by atoms with Crippen molar-refractivity contribution in [2.75, 3.05) is 43.6 Å². The van der Waals surface area contributed by atoms with Crippen LogP contribution in [0.25, 0.3) is 11.6 Å². The first-order chi connectivity index (χ1) is 15.8. The highest BCUT2D eigenvalue weighted by Crippen LogP contribution is 2.35. The topological polar surface area (TPSA) is 120 Å². The van der Waals surface area contributed by atoms with Crippen LogP contribution in [-0.4, -0.2) is 62.0 Å². The normalized spacial score (nSPS) is 13.4. The summed E-state index contributed by atoms with van der Waals surface area (Å²) in [4.78, 5) is 34.5. The van der Waals surface area contributed by atoms with Crippen molar-refractivity contribution in [1.82, 2.24) is 9.97 Å². The molecule has 0 saturated heterocycles. The SMILES string of the molecule is CCOC(=O)c1cc(C)[nH]c1/C=C1\C(=O)Nc2cnc(N(C)CCOCCB(C)C#N)cc21. The maximum atomic E-state index is 12.7. The van der Waals surface area contributed by atoms with Gasteiger partial charge < -0.3 is 24.7 Å². The van der Waals surface area contributed by atoms with Gasteiger partial charge in [0.15, 0.2) is 0 Å². The van der Waals surface area contributed by atoms with Crippen LogP contribution < -0.4 is 10.2 Å². The first kappa shape index (κ1) is 24.1. The zero-order valence-electron chi connectivity index (χ0n) is 19.4. The molecule has 172 valence electrons. The molecule has 0 fully saturated rings. The molecule has 0 spiro atoms. The highest BCUT2D eigenvalue weighted by molar-refractivity contribution is 6.65. The Kier molecular flexibility index (Phi) is 7.90. The summed E-state index contributed by atoms with van der Waals surface area (Å²) in [6, 6.07) is 3.55. The van der Waals surface area contributed by atoms with Crippen LogP contribution in [0.1, 0.15) is 34.2 Å². The second-order valence-electron chi connectivity index (χ2n) is 7.95. The molecule has 2 N–H and O–H groups in total. The van der Waals surface area contributed by atoms with Gasteiger partial charge in [-0.15, -0.1) is 0 Å². The fourth-order valence-corrected chi connectivity index (χ4v) is 3.42. The van der Waals surface area contributed by atoms with E-state index < -0.39 is 5.97 Å². The molecule has 3 rings (SSSR count). The van der Waals surface area contributed by atoms with Crippen LogP contribution in [0.5, 0.6) is 0 Å². The van der Waals surface area contributed by atoms with E-state index in [1.807, 2.05) is 31.8 Å². The summed E-state index contributed by atoms with van der Waals surface area (Å²) in [6.07, 6.45) is 4.00. The Morgan fingerprint density at radius 3 is 2.88 bits per heavy atom. The van der Waals surface area contributed by atoms with Gasteiger partial charge in [0.1, 0.15) is 5.82 Å². The molecule has 9 nitrogen and oxygen atoms in total. The fraction of sp³-hybridized carbons (Fsp3) is 0.391. The molecule has 1 amide bonds. The number of carbonyl (C=O) groups excluding carboxylic acids is 2. The Morgan fingerprint density at radius 2 is 2.15 bits per heavy atom. The van der Waals surface area contributed by atoms with E-state index in [0.717, 1.165) is 5.69 Å². The molecular weight excluding hydrogens is 421 g/mol. The van der Waals surface area contributed by atoms with Crippen LogP contribution in [0.3, 0.4) is 0 Å². The van der Waals surface area contributed by atoms with Gasteiger partial charge in [-0.1, -0.05) is 6.82 Å². The summed E-state index contributed by atoms with van der Waals surface area (Å²) >= 11 is 0. The van der Waals surface area contributed by atoms with Crippen molar-refractivity contribution in [2.24, 2.45) is 0 Å². The molecule has 0 unspecified atom stereocenters. The molecule has 1 aliphatic rings. The van der Waals surface area contributed by atoms with E-state index in [-0.39, 0.29) is 19.2 Å². The summed E-state index contributed by atoms with van der Waals surface area (Å²) in [5.41, 5.74) is 3.47. The third kappa shape index (κ3) is 5.81. The second kappa shape index (κ2) is 10.8. The molecule has 0 aromatic carbocycles. The third-order valence-corrected chi connectivity index (χ3v) is 5.32. The van der Waals surface area contributed by atoms with E-state index in [1.54, 1.807) is 25.3 Å². The Labute approximate surface area is 193 Å². The predicted molar refractivity (Wildman–Crippen MR) is 128 cm³/mol. The number of amides is 1. The minimum Gasteiger partial charge on any atom is -0.462 e. The number of aromatic nitrogens is 2. The van der Waals surface area contributed by atoms with Gasteiger partial charge in [-0.05, 0) is 38.4 Å². The number of nitrogens with zero attached hydrogens (tertiary/aromatic N) is 3. The first-order valence-corrected chi connectivity index (χ1v) is 10.9. The third-order valence-electron chi connectivity index (χ3n) is 5.32. The van der Waals surface area contributed by atoms with E-state index in [4.69, 9.17) is 14.7 Å². The Balaban J connectivity index is 1.77. The molecule has 33 heavy (non-hydrogen) atoms. The molecule has 1 aliphatic heterocycles. The van der Waals surface area contributed by atoms with Gasteiger partial charge in [0.2, 0.25) is 0 Å². The number of nitriles is 1.